The summed E-state index contributed by atoms with van der Waals surface area (Å²) in [5.41, 5.74) is 6.91. The number of nitrogens with two attached hydrogens (primary N) is 1. The van der Waals surface area contributed by atoms with Gasteiger partial charge in [-0.2, -0.15) is 0 Å². The first-order valence-corrected chi connectivity index (χ1v) is 7.19. The second kappa shape index (κ2) is 6.50. The fourth-order valence-corrected chi connectivity index (χ4v) is 2.23. The summed E-state index contributed by atoms with van der Waals surface area (Å²) in [5, 5.41) is 7.64. The molecule has 0 aliphatic rings. The molecule has 0 radical (unpaired) electrons. The van der Waals surface area contributed by atoms with E-state index in [-0.39, 0.29) is 5.95 Å². The molecule has 23 heavy (non-hydrogen) atoms. The Labute approximate surface area is 137 Å². The third-order valence-corrected chi connectivity index (χ3v) is 3.44. The number of aromatic nitrogens is 3. The molecule has 0 aliphatic heterocycles. The monoisotopic (exact) mass is 328 g/mol. The third kappa shape index (κ3) is 3.32. The second-order valence-electron chi connectivity index (χ2n) is 4.78. The van der Waals surface area contributed by atoms with Gasteiger partial charge < -0.3 is 10.5 Å². The number of rotatable bonds is 4. The molecule has 1 heterocycles. The quantitative estimate of drug-likeness (QED) is 0.796. The average molecular weight is 329 g/mol. The van der Waals surface area contributed by atoms with Crippen LogP contribution in [0.2, 0.25) is 5.02 Å². The molecule has 0 aliphatic carbocycles. The molecule has 0 bridgehead atoms. The van der Waals surface area contributed by atoms with Crippen LogP contribution < -0.4 is 10.5 Å². The normalized spacial score (nSPS) is 10.5. The van der Waals surface area contributed by atoms with Gasteiger partial charge in [0.05, 0.1) is 5.56 Å². The molecule has 0 saturated heterocycles. The Kier molecular flexibility index (Phi) is 4.25. The van der Waals surface area contributed by atoms with Gasteiger partial charge in [0.25, 0.3) is 5.91 Å². The molecule has 7 heteroatoms. The van der Waals surface area contributed by atoms with E-state index in [9.17, 15) is 4.79 Å². The number of nitrogen functional groups attached to an aromatic ring is 1. The van der Waals surface area contributed by atoms with Gasteiger partial charge in [0.1, 0.15) is 18.7 Å². The molecular formula is C16H13ClN4O2. The highest BCUT2D eigenvalue weighted by Crippen LogP contribution is 2.25. The maximum absolute atomic E-state index is 12.6. The first-order valence-electron chi connectivity index (χ1n) is 6.81. The van der Waals surface area contributed by atoms with Crippen LogP contribution in [0.3, 0.4) is 0 Å². The maximum atomic E-state index is 12.6. The molecule has 0 amide bonds. The molecule has 2 N–H and O–H groups in total. The summed E-state index contributed by atoms with van der Waals surface area (Å²) < 4.78 is 6.90. The van der Waals surface area contributed by atoms with Crippen LogP contribution in [-0.2, 0) is 6.61 Å². The van der Waals surface area contributed by atoms with Crippen molar-refractivity contribution in [3.8, 4) is 5.75 Å². The number of nitrogens with zero attached hydrogens (tertiary/aromatic N) is 3. The smallest absolute Gasteiger partial charge is 0.269 e. The van der Waals surface area contributed by atoms with Crippen molar-refractivity contribution in [2.24, 2.45) is 0 Å². The SMILES string of the molecule is Nc1nncn1C(=O)c1cc(Cl)ccc1OCc1ccccc1. The van der Waals surface area contributed by atoms with Crippen molar-refractivity contribution in [2.75, 3.05) is 5.73 Å². The van der Waals surface area contributed by atoms with Crippen LogP contribution in [0.5, 0.6) is 5.75 Å². The van der Waals surface area contributed by atoms with Crippen molar-refractivity contribution in [1.82, 2.24) is 14.8 Å². The van der Waals surface area contributed by atoms with E-state index < -0.39 is 5.91 Å². The Morgan fingerprint density at radius 1 is 1.22 bits per heavy atom. The fraction of sp³-hybridized carbons (Fsp3) is 0.0625. The zero-order valence-corrected chi connectivity index (χ0v) is 12.8. The summed E-state index contributed by atoms with van der Waals surface area (Å²) in [6.45, 7) is 0.334. The van der Waals surface area contributed by atoms with Gasteiger partial charge in [-0.15, -0.1) is 10.2 Å². The molecule has 0 unspecified atom stereocenters. The summed E-state index contributed by atoms with van der Waals surface area (Å²) in [7, 11) is 0. The number of hydrogen-bond donors (Lipinski definition) is 1. The Morgan fingerprint density at radius 3 is 2.70 bits per heavy atom. The van der Waals surface area contributed by atoms with Gasteiger partial charge in [-0.25, -0.2) is 4.57 Å². The van der Waals surface area contributed by atoms with Crippen LogP contribution >= 0.6 is 11.6 Å². The lowest BCUT2D eigenvalue weighted by molar-refractivity contribution is 0.0957. The van der Waals surface area contributed by atoms with Crippen LogP contribution in [-0.4, -0.2) is 20.7 Å². The summed E-state index contributed by atoms with van der Waals surface area (Å²) >= 11 is 6.00. The van der Waals surface area contributed by atoms with Gasteiger partial charge in [-0.3, -0.25) is 4.79 Å². The zero-order chi connectivity index (χ0) is 16.2. The molecular weight excluding hydrogens is 316 g/mol. The van der Waals surface area contributed by atoms with E-state index in [1.165, 1.54) is 12.4 Å². The molecule has 3 aromatic rings. The summed E-state index contributed by atoms with van der Waals surface area (Å²) in [6.07, 6.45) is 1.25. The third-order valence-electron chi connectivity index (χ3n) is 3.20. The summed E-state index contributed by atoms with van der Waals surface area (Å²) in [4.78, 5) is 12.6. The maximum Gasteiger partial charge on any atom is 0.269 e. The average Bonchev–Trinajstić information content (AvgIpc) is 3.00. The van der Waals surface area contributed by atoms with E-state index in [0.717, 1.165) is 10.1 Å². The molecule has 1 aromatic heterocycles. The molecule has 0 saturated carbocycles. The largest absolute Gasteiger partial charge is 0.488 e. The summed E-state index contributed by atoms with van der Waals surface area (Å²) in [6, 6.07) is 14.5. The minimum atomic E-state index is -0.405. The van der Waals surface area contributed by atoms with Crippen LogP contribution in [0.15, 0.2) is 54.9 Å². The van der Waals surface area contributed by atoms with Crippen molar-refractivity contribution in [2.45, 2.75) is 6.61 Å². The van der Waals surface area contributed by atoms with E-state index in [2.05, 4.69) is 10.2 Å². The number of carbonyl (C=O) groups excluding carboxylic acids is 1. The van der Waals surface area contributed by atoms with Gasteiger partial charge in [0.15, 0.2) is 0 Å². The lowest BCUT2D eigenvalue weighted by Crippen LogP contribution is -2.15. The molecule has 3 rings (SSSR count). The van der Waals surface area contributed by atoms with E-state index >= 15 is 0 Å². The molecule has 0 atom stereocenters. The number of ether oxygens (including phenoxy) is 1. The fourth-order valence-electron chi connectivity index (χ4n) is 2.06. The van der Waals surface area contributed by atoms with Crippen molar-refractivity contribution in [3.63, 3.8) is 0 Å². The number of halogens is 1. The molecule has 0 fully saturated rings. The Balaban J connectivity index is 1.89. The van der Waals surface area contributed by atoms with E-state index in [0.29, 0.717) is 22.9 Å². The first kappa shape index (κ1) is 15.1. The van der Waals surface area contributed by atoms with Crippen molar-refractivity contribution in [3.05, 3.63) is 71.0 Å². The zero-order valence-electron chi connectivity index (χ0n) is 12.0. The Morgan fingerprint density at radius 2 is 2.00 bits per heavy atom. The Hall–Kier alpha value is -2.86. The second-order valence-corrected chi connectivity index (χ2v) is 5.22. The van der Waals surface area contributed by atoms with E-state index in [1.54, 1.807) is 12.1 Å². The minimum absolute atomic E-state index is 0.00369. The molecule has 0 spiro atoms. The number of benzene rings is 2. The highest BCUT2D eigenvalue weighted by atomic mass is 35.5. The molecule has 2 aromatic carbocycles. The van der Waals surface area contributed by atoms with Crippen molar-refractivity contribution >= 4 is 23.5 Å². The summed E-state index contributed by atoms with van der Waals surface area (Å²) in [5.74, 6) is 0.0124. The van der Waals surface area contributed by atoms with Gasteiger partial charge >= 0.3 is 0 Å². The minimum Gasteiger partial charge on any atom is -0.488 e. The molecule has 116 valence electrons. The first-order chi connectivity index (χ1) is 11.1. The topological polar surface area (TPSA) is 83.0 Å². The highest BCUT2D eigenvalue weighted by molar-refractivity contribution is 6.31. The van der Waals surface area contributed by atoms with Crippen LogP contribution in [0, 0.1) is 0 Å². The lowest BCUT2D eigenvalue weighted by atomic mass is 10.2. The predicted octanol–water partition coefficient (Wildman–Crippen LogP) is 2.78. The number of hydrogen-bond acceptors (Lipinski definition) is 5. The number of carbonyl (C=O) groups is 1. The van der Waals surface area contributed by atoms with Crippen molar-refractivity contribution < 1.29 is 9.53 Å². The van der Waals surface area contributed by atoms with Gasteiger partial charge in [-0.1, -0.05) is 41.9 Å². The Bertz CT molecular complexity index is 833. The van der Waals surface area contributed by atoms with Gasteiger partial charge in [-0.05, 0) is 23.8 Å². The van der Waals surface area contributed by atoms with Crippen LogP contribution in [0.4, 0.5) is 5.95 Å². The lowest BCUT2D eigenvalue weighted by Gasteiger charge is -2.12. The van der Waals surface area contributed by atoms with Crippen molar-refractivity contribution in [1.29, 1.82) is 0 Å². The number of anilines is 1. The van der Waals surface area contributed by atoms with Crippen LogP contribution in [0.1, 0.15) is 15.9 Å². The van der Waals surface area contributed by atoms with Gasteiger partial charge in [0.2, 0.25) is 5.95 Å². The highest BCUT2D eigenvalue weighted by Gasteiger charge is 2.18. The standard InChI is InChI=1S/C16H13ClN4O2/c17-12-6-7-14(23-9-11-4-2-1-3-5-11)13(8-12)15(22)21-10-19-20-16(21)18/h1-8,10H,9H2,(H2,18,20). The van der Waals surface area contributed by atoms with Crippen LogP contribution in [0.25, 0.3) is 0 Å². The predicted molar refractivity (Wildman–Crippen MR) is 86.4 cm³/mol. The van der Waals surface area contributed by atoms with E-state index in [4.69, 9.17) is 22.1 Å². The van der Waals surface area contributed by atoms with Gasteiger partial charge in [0, 0.05) is 5.02 Å². The van der Waals surface area contributed by atoms with E-state index in [1.807, 2.05) is 30.3 Å². The molecule has 6 nitrogen and oxygen atoms in total.